The van der Waals surface area contributed by atoms with Crippen LogP contribution in [0.15, 0.2) is 79.5 Å². The molecule has 0 aliphatic heterocycles. The molecule has 0 heterocycles. The van der Waals surface area contributed by atoms with E-state index in [1.807, 2.05) is 19.1 Å². The van der Waals surface area contributed by atoms with Gasteiger partial charge in [0, 0.05) is 12.1 Å². The normalized spacial score (nSPS) is 14.3. The zero-order valence-electron chi connectivity index (χ0n) is 17.6. The Bertz CT molecular complexity index is 763. The summed E-state index contributed by atoms with van der Waals surface area (Å²) in [5.74, 6) is 0.453. The van der Waals surface area contributed by atoms with Crippen LogP contribution in [0.4, 0.5) is 0 Å². The fourth-order valence-corrected chi connectivity index (χ4v) is 3.78. The Labute approximate surface area is 171 Å². The topological polar surface area (TPSA) is 32.3 Å². The molecule has 150 valence electrons. The highest BCUT2D eigenvalue weighted by atomic mass is 16.3. The number of allylic oxidation sites excluding steroid dienone is 1. The Kier molecular flexibility index (Phi) is 8.07. The molecule has 0 bridgehead atoms. The van der Waals surface area contributed by atoms with Crippen LogP contribution in [0.3, 0.4) is 0 Å². The first-order chi connectivity index (χ1) is 13.4. The second-order valence-corrected chi connectivity index (χ2v) is 8.12. The summed E-state index contributed by atoms with van der Waals surface area (Å²) in [6.45, 7) is 14.5. The summed E-state index contributed by atoms with van der Waals surface area (Å²) in [5, 5.41) is 14.0. The molecular weight excluding hydrogens is 342 g/mol. The summed E-state index contributed by atoms with van der Waals surface area (Å²) in [5.41, 5.74) is 4.36. The number of benzene rings is 2. The second kappa shape index (κ2) is 10.3. The molecule has 0 spiro atoms. The maximum absolute atomic E-state index is 10.3. The van der Waals surface area contributed by atoms with Crippen molar-refractivity contribution in [3.63, 3.8) is 0 Å². The molecule has 2 unspecified atom stereocenters. The van der Waals surface area contributed by atoms with Gasteiger partial charge in [-0.3, -0.25) is 0 Å². The van der Waals surface area contributed by atoms with Crippen LogP contribution in [-0.4, -0.2) is 11.2 Å². The average Bonchev–Trinajstić information content (AvgIpc) is 2.67. The molecule has 0 aliphatic rings. The van der Waals surface area contributed by atoms with Gasteiger partial charge in [0.25, 0.3) is 0 Å². The molecule has 2 nitrogen and oxygen atoms in total. The van der Waals surface area contributed by atoms with Crippen molar-refractivity contribution in [3.8, 4) is 0 Å². The Morgan fingerprint density at radius 2 is 1.82 bits per heavy atom. The van der Waals surface area contributed by atoms with Gasteiger partial charge in [-0.05, 0) is 48.8 Å². The van der Waals surface area contributed by atoms with Crippen molar-refractivity contribution >= 4 is 0 Å². The van der Waals surface area contributed by atoms with Crippen molar-refractivity contribution in [2.45, 2.75) is 64.0 Å². The quantitative estimate of drug-likeness (QED) is 0.465. The molecule has 0 amide bonds. The van der Waals surface area contributed by atoms with E-state index in [4.69, 9.17) is 0 Å². The van der Waals surface area contributed by atoms with Gasteiger partial charge in [0.1, 0.15) is 0 Å². The van der Waals surface area contributed by atoms with E-state index >= 15 is 0 Å². The van der Waals surface area contributed by atoms with Crippen molar-refractivity contribution in [2.75, 3.05) is 0 Å². The molecule has 0 saturated carbocycles. The number of aryl methyl sites for hydroxylation is 1. The standard InChI is InChI=1S/C26H35NO/c1-6-17-26(19-22(5)28,25-14-10-13-24(18-25)20(2)3)27-21(4)15-16-23-11-8-7-9-12-23/h6-14,18,20,22,27-28H,1,4,15-17,19H2,2-3,5H3. The summed E-state index contributed by atoms with van der Waals surface area (Å²) in [6, 6.07) is 19.1. The molecule has 0 fully saturated rings. The van der Waals surface area contributed by atoms with E-state index in [0.717, 1.165) is 25.0 Å². The highest BCUT2D eigenvalue weighted by Crippen LogP contribution is 2.34. The lowest BCUT2D eigenvalue weighted by molar-refractivity contribution is 0.136. The van der Waals surface area contributed by atoms with Crippen molar-refractivity contribution in [1.29, 1.82) is 0 Å². The fraction of sp³-hybridized carbons (Fsp3) is 0.385. The summed E-state index contributed by atoms with van der Waals surface area (Å²) in [6.07, 6.45) is 4.62. The molecule has 2 N–H and O–H groups in total. The smallest absolute Gasteiger partial charge is 0.0680 e. The van der Waals surface area contributed by atoms with Gasteiger partial charge >= 0.3 is 0 Å². The van der Waals surface area contributed by atoms with Gasteiger partial charge in [-0.15, -0.1) is 6.58 Å². The Hall–Kier alpha value is -2.32. The first-order valence-electron chi connectivity index (χ1n) is 10.3. The Morgan fingerprint density at radius 1 is 1.11 bits per heavy atom. The minimum absolute atomic E-state index is 0.408. The molecule has 2 atom stereocenters. The monoisotopic (exact) mass is 377 g/mol. The van der Waals surface area contributed by atoms with Gasteiger partial charge in [-0.25, -0.2) is 0 Å². The molecule has 2 aromatic carbocycles. The van der Waals surface area contributed by atoms with Crippen LogP contribution in [0.25, 0.3) is 0 Å². The summed E-state index contributed by atoms with van der Waals surface area (Å²) in [7, 11) is 0. The lowest BCUT2D eigenvalue weighted by Crippen LogP contribution is -2.44. The van der Waals surface area contributed by atoms with Crippen LogP contribution in [0.1, 0.15) is 62.6 Å². The zero-order valence-corrected chi connectivity index (χ0v) is 17.6. The number of nitrogens with one attached hydrogen (secondary N) is 1. The van der Waals surface area contributed by atoms with Crippen LogP contribution in [-0.2, 0) is 12.0 Å². The maximum atomic E-state index is 10.3. The average molecular weight is 378 g/mol. The Balaban J connectivity index is 2.28. The van der Waals surface area contributed by atoms with Gasteiger partial charge in [-0.2, -0.15) is 0 Å². The van der Waals surface area contributed by atoms with Gasteiger partial charge in [0.15, 0.2) is 0 Å². The second-order valence-electron chi connectivity index (χ2n) is 8.12. The van der Waals surface area contributed by atoms with Crippen molar-refractivity contribution < 1.29 is 5.11 Å². The molecule has 0 radical (unpaired) electrons. The SMILES string of the molecule is C=CCC(CC(C)O)(NC(=C)CCc1ccccc1)c1cccc(C(C)C)c1. The van der Waals surface area contributed by atoms with E-state index in [-0.39, 0.29) is 0 Å². The van der Waals surface area contributed by atoms with Gasteiger partial charge in [0.05, 0.1) is 11.6 Å². The van der Waals surface area contributed by atoms with E-state index in [9.17, 15) is 5.11 Å². The van der Waals surface area contributed by atoms with Crippen molar-refractivity contribution in [1.82, 2.24) is 5.32 Å². The first-order valence-corrected chi connectivity index (χ1v) is 10.3. The summed E-state index contributed by atoms with van der Waals surface area (Å²) >= 11 is 0. The number of aliphatic hydroxyl groups excluding tert-OH is 1. The largest absolute Gasteiger partial charge is 0.393 e. The summed E-state index contributed by atoms with van der Waals surface area (Å²) < 4.78 is 0. The van der Waals surface area contributed by atoms with E-state index < -0.39 is 11.6 Å². The Morgan fingerprint density at radius 3 is 2.43 bits per heavy atom. The minimum atomic E-state index is -0.433. The van der Waals surface area contributed by atoms with Gasteiger partial charge in [-0.1, -0.05) is 81.1 Å². The fourth-order valence-electron chi connectivity index (χ4n) is 3.78. The number of aliphatic hydroxyl groups is 1. The van der Waals surface area contributed by atoms with Crippen LogP contribution in [0, 0.1) is 0 Å². The zero-order chi connectivity index (χ0) is 20.6. The molecule has 2 heteroatoms. The number of hydrogen-bond donors (Lipinski definition) is 2. The highest BCUT2D eigenvalue weighted by Gasteiger charge is 2.33. The maximum Gasteiger partial charge on any atom is 0.0680 e. The van der Waals surface area contributed by atoms with Crippen LogP contribution >= 0.6 is 0 Å². The minimum Gasteiger partial charge on any atom is -0.393 e. The lowest BCUT2D eigenvalue weighted by Gasteiger charge is -2.38. The van der Waals surface area contributed by atoms with E-state index in [1.54, 1.807) is 0 Å². The van der Waals surface area contributed by atoms with E-state index in [1.165, 1.54) is 16.7 Å². The molecule has 0 aromatic heterocycles. The molecule has 2 aromatic rings. The molecule has 0 aliphatic carbocycles. The van der Waals surface area contributed by atoms with E-state index in [2.05, 4.69) is 80.9 Å². The predicted molar refractivity (Wildman–Crippen MR) is 120 cm³/mol. The lowest BCUT2D eigenvalue weighted by atomic mass is 9.80. The number of hydrogen-bond acceptors (Lipinski definition) is 2. The van der Waals surface area contributed by atoms with E-state index in [0.29, 0.717) is 12.3 Å². The third-order valence-electron chi connectivity index (χ3n) is 5.22. The van der Waals surface area contributed by atoms with Gasteiger partial charge in [0.2, 0.25) is 0 Å². The highest BCUT2D eigenvalue weighted by molar-refractivity contribution is 5.33. The summed E-state index contributed by atoms with van der Waals surface area (Å²) in [4.78, 5) is 0. The van der Waals surface area contributed by atoms with Crippen molar-refractivity contribution in [2.24, 2.45) is 0 Å². The van der Waals surface area contributed by atoms with Crippen LogP contribution < -0.4 is 5.32 Å². The molecule has 2 rings (SSSR count). The number of rotatable bonds is 11. The van der Waals surface area contributed by atoms with Crippen molar-refractivity contribution in [3.05, 3.63) is 96.2 Å². The predicted octanol–water partition coefficient (Wildman–Crippen LogP) is 6.09. The van der Waals surface area contributed by atoms with Crippen LogP contribution in [0.5, 0.6) is 0 Å². The van der Waals surface area contributed by atoms with Gasteiger partial charge < -0.3 is 10.4 Å². The first kappa shape index (κ1) is 22.0. The van der Waals surface area contributed by atoms with Crippen LogP contribution in [0.2, 0.25) is 0 Å². The third-order valence-corrected chi connectivity index (χ3v) is 5.22. The molecule has 0 saturated heterocycles. The molecular formula is C26H35NO. The molecule has 28 heavy (non-hydrogen) atoms. The third kappa shape index (κ3) is 6.10.